The third-order valence-corrected chi connectivity index (χ3v) is 6.42. The number of Topliss-reactive ketones (excluding diaryl/α,β-unsaturated/α-hetero) is 1. The van der Waals surface area contributed by atoms with Crippen LogP contribution in [-0.4, -0.2) is 21.6 Å². The van der Waals surface area contributed by atoms with E-state index in [0.717, 1.165) is 61.3 Å². The second-order valence-electron chi connectivity index (χ2n) is 7.93. The van der Waals surface area contributed by atoms with Crippen molar-refractivity contribution in [3.63, 3.8) is 0 Å². The molecular weight excluding hydrogens is 324 g/mol. The Morgan fingerprint density at radius 3 is 2.27 bits per heavy atom. The highest BCUT2D eigenvalue weighted by molar-refractivity contribution is 6.39. The Morgan fingerprint density at radius 1 is 0.885 bits per heavy atom. The first-order valence-corrected chi connectivity index (χ1v) is 9.79. The Kier molecular flexibility index (Phi) is 3.40. The second kappa shape index (κ2) is 5.57. The highest BCUT2D eigenvalue weighted by Gasteiger charge is 2.42. The van der Waals surface area contributed by atoms with E-state index in [0.29, 0.717) is 11.1 Å². The number of carbonyl (C=O) groups is 1. The van der Waals surface area contributed by atoms with Gasteiger partial charge < -0.3 is 10.1 Å². The minimum atomic E-state index is -0.0528. The molecule has 0 saturated heterocycles. The highest BCUT2D eigenvalue weighted by Crippen LogP contribution is 2.46. The van der Waals surface area contributed by atoms with Gasteiger partial charge in [0.25, 0.3) is 0 Å². The fraction of sp³-hybridized carbons (Fsp3) is 0.455. The van der Waals surface area contributed by atoms with Gasteiger partial charge >= 0.3 is 0 Å². The summed E-state index contributed by atoms with van der Waals surface area (Å²) in [6, 6.07) is 0. The summed E-state index contributed by atoms with van der Waals surface area (Å²) in [6.45, 7) is 4.08. The molecule has 4 heteroatoms. The van der Waals surface area contributed by atoms with Gasteiger partial charge in [0.2, 0.25) is 5.78 Å². The van der Waals surface area contributed by atoms with E-state index in [1.165, 1.54) is 35.1 Å². The molecule has 5 rings (SSSR count). The molecule has 0 unspecified atom stereocenters. The first-order valence-electron chi connectivity index (χ1n) is 9.79. The van der Waals surface area contributed by atoms with Crippen LogP contribution in [0.1, 0.15) is 68.0 Å². The van der Waals surface area contributed by atoms with Crippen molar-refractivity contribution in [2.75, 3.05) is 0 Å². The van der Waals surface area contributed by atoms with Crippen LogP contribution >= 0.6 is 0 Å². The van der Waals surface area contributed by atoms with Crippen LogP contribution in [0.4, 0.5) is 0 Å². The minimum Gasteiger partial charge on any atom is -0.506 e. The number of aliphatic hydroxyl groups excluding tert-OH is 1. The molecule has 1 aliphatic heterocycles. The lowest BCUT2D eigenvalue weighted by Crippen LogP contribution is -2.24. The molecule has 4 aliphatic rings. The molecule has 0 spiro atoms. The predicted molar refractivity (Wildman–Crippen MR) is 102 cm³/mol. The number of aryl methyl sites for hydroxylation is 1. The Morgan fingerprint density at radius 2 is 1.54 bits per heavy atom. The van der Waals surface area contributed by atoms with Gasteiger partial charge in [0, 0.05) is 11.4 Å². The molecule has 0 amide bonds. The number of H-pyrrole nitrogens is 1. The summed E-state index contributed by atoms with van der Waals surface area (Å²) in [7, 11) is 0. The summed E-state index contributed by atoms with van der Waals surface area (Å²) < 4.78 is 0. The number of ketones is 1. The molecule has 1 aromatic heterocycles. The average molecular weight is 348 g/mol. The van der Waals surface area contributed by atoms with Gasteiger partial charge in [-0.3, -0.25) is 9.79 Å². The number of aliphatic imine (C=N–C) groups is 1. The summed E-state index contributed by atoms with van der Waals surface area (Å²) in [6.07, 6.45) is 8.71. The molecule has 134 valence electrons. The lowest BCUT2D eigenvalue weighted by atomic mass is 9.79. The highest BCUT2D eigenvalue weighted by atomic mass is 16.3. The van der Waals surface area contributed by atoms with Crippen molar-refractivity contribution in [1.82, 2.24) is 4.98 Å². The molecule has 0 aromatic carbocycles. The normalized spacial score (nSPS) is 25.3. The number of nitrogens with zero attached hydrogens (tertiary/aromatic N) is 1. The molecule has 26 heavy (non-hydrogen) atoms. The maximum atomic E-state index is 13.0. The fourth-order valence-electron chi connectivity index (χ4n) is 5.08. The van der Waals surface area contributed by atoms with Crippen molar-refractivity contribution in [1.29, 1.82) is 0 Å². The summed E-state index contributed by atoms with van der Waals surface area (Å²) in [4.78, 5) is 21.1. The molecule has 1 aromatic rings. The van der Waals surface area contributed by atoms with Crippen LogP contribution in [0.5, 0.6) is 0 Å². The lowest BCUT2D eigenvalue weighted by molar-refractivity contribution is -0.111. The average Bonchev–Trinajstić information content (AvgIpc) is 3.14. The van der Waals surface area contributed by atoms with E-state index in [2.05, 4.69) is 16.9 Å². The number of fused-ring (bicyclic) bond motifs is 1. The van der Waals surface area contributed by atoms with Gasteiger partial charge in [-0.05, 0) is 87.5 Å². The largest absolute Gasteiger partial charge is 0.506 e. The van der Waals surface area contributed by atoms with Crippen molar-refractivity contribution in [2.45, 2.75) is 65.2 Å². The van der Waals surface area contributed by atoms with Gasteiger partial charge in [0.05, 0.1) is 22.5 Å². The quantitative estimate of drug-likeness (QED) is 0.725. The zero-order chi connectivity index (χ0) is 18.0. The zero-order valence-electron chi connectivity index (χ0n) is 15.5. The number of hydrogen-bond acceptors (Lipinski definition) is 3. The number of aromatic amines is 1. The number of allylic oxidation sites excluding steroid dienone is 4. The standard InChI is InChI=1S/C22H24N2O2/c1-11-13-7-3-5-9-15(13)19(23-11)17-21(25)18(22(17)26)20-16-10-6-4-8-14(16)12(2)24-20/h23,25H,3-10H2,1-2H3/b20-18+. The summed E-state index contributed by atoms with van der Waals surface area (Å²) in [5.41, 5.74) is 9.69. The van der Waals surface area contributed by atoms with Crippen LogP contribution < -0.4 is 0 Å². The van der Waals surface area contributed by atoms with E-state index in [1.807, 2.05) is 6.92 Å². The smallest absolute Gasteiger partial charge is 0.204 e. The number of rotatable bonds is 1. The number of nitrogens with one attached hydrogen (secondary N) is 1. The van der Waals surface area contributed by atoms with E-state index < -0.39 is 0 Å². The van der Waals surface area contributed by atoms with E-state index >= 15 is 0 Å². The third kappa shape index (κ3) is 2.01. The first kappa shape index (κ1) is 15.9. The maximum Gasteiger partial charge on any atom is 0.204 e. The topological polar surface area (TPSA) is 65.5 Å². The molecule has 3 aliphatic carbocycles. The zero-order valence-corrected chi connectivity index (χ0v) is 15.5. The Bertz CT molecular complexity index is 982. The molecule has 4 nitrogen and oxygen atoms in total. The lowest BCUT2D eigenvalue weighted by Gasteiger charge is -2.25. The summed E-state index contributed by atoms with van der Waals surface area (Å²) in [5.74, 6) is 0.0819. The van der Waals surface area contributed by atoms with E-state index in [9.17, 15) is 9.90 Å². The van der Waals surface area contributed by atoms with Crippen molar-refractivity contribution in [2.24, 2.45) is 4.99 Å². The van der Waals surface area contributed by atoms with E-state index in [1.54, 1.807) is 0 Å². The van der Waals surface area contributed by atoms with Crippen LogP contribution in [-0.2, 0) is 17.6 Å². The van der Waals surface area contributed by atoms with E-state index in [4.69, 9.17) is 0 Å². The Labute approximate surface area is 153 Å². The minimum absolute atomic E-state index is 0.0528. The Balaban J connectivity index is 1.64. The van der Waals surface area contributed by atoms with Gasteiger partial charge in [-0.25, -0.2) is 0 Å². The molecule has 0 bridgehead atoms. The summed E-state index contributed by atoms with van der Waals surface area (Å²) >= 11 is 0. The van der Waals surface area contributed by atoms with Crippen LogP contribution in [0.3, 0.4) is 0 Å². The van der Waals surface area contributed by atoms with Gasteiger partial charge in [-0.1, -0.05) is 0 Å². The van der Waals surface area contributed by atoms with Crippen LogP contribution in [0, 0.1) is 6.92 Å². The molecule has 0 atom stereocenters. The fourth-order valence-corrected chi connectivity index (χ4v) is 5.08. The number of aliphatic hydroxyl groups is 1. The van der Waals surface area contributed by atoms with Gasteiger partial charge in [-0.15, -0.1) is 0 Å². The van der Waals surface area contributed by atoms with Crippen LogP contribution in [0.15, 0.2) is 33.2 Å². The monoisotopic (exact) mass is 348 g/mol. The number of carbonyl (C=O) groups excluding carboxylic acids is 1. The van der Waals surface area contributed by atoms with Crippen molar-refractivity contribution >= 4 is 17.1 Å². The number of aromatic nitrogens is 1. The molecular formula is C22H24N2O2. The van der Waals surface area contributed by atoms with Gasteiger partial charge in [0.1, 0.15) is 5.76 Å². The Hall–Kier alpha value is -2.36. The maximum absolute atomic E-state index is 13.0. The van der Waals surface area contributed by atoms with Crippen molar-refractivity contribution in [3.05, 3.63) is 50.7 Å². The van der Waals surface area contributed by atoms with Crippen LogP contribution in [0.2, 0.25) is 0 Å². The SMILES string of the molecule is CC1=N/C(=C2/C(=O)C(c3[nH]c(C)c4c3CCCC4)=C2O)C2=C1CCCC2. The number of hydrogen-bond donors (Lipinski definition) is 2. The van der Waals surface area contributed by atoms with Crippen molar-refractivity contribution in [3.8, 4) is 0 Å². The van der Waals surface area contributed by atoms with Crippen molar-refractivity contribution < 1.29 is 9.90 Å². The molecule has 2 N–H and O–H groups in total. The van der Waals surface area contributed by atoms with Gasteiger partial charge in [0.15, 0.2) is 0 Å². The first-order chi connectivity index (χ1) is 12.6. The summed E-state index contributed by atoms with van der Waals surface area (Å²) in [5, 5.41) is 10.8. The molecule has 0 radical (unpaired) electrons. The third-order valence-electron chi connectivity index (χ3n) is 6.42. The van der Waals surface area contributed by atoms with Gasteiger partial charge in [-0.2, -0.15) is 0 Å². The molecule has 0 fully saturated rings. The second-order valence-corrected chi connectivity index (χ2v) is 7.93. The molecule has 0 saturated carbocycles. The molecule has 2 heterocycles. The van der Waals surface area contributed by atoms with Crippen LogP contribution in [0.25, 0.3) is 5.57 Å². The predicted octanol–water partition coefficient (Wildman–Crippen LogP) is 4.65. The van der Waals surface area contributed by atoms with E-state index in [-0.39, 0.29) is 11.5 Å².